The van der Waals surface area contributed by atoms with Crippen molar-refractivity contribution in [2.75, 3.05) is 13.1 Å². The van der Waals surface area contributed by atoms with E-state index >= 15 is 0 Å². The summed E-state index contributed by atoms with van der Waals surface area (Å²) < 4.78 is 5.75. The van der Waals surface area contributed by atoms with Gasteiger partial charge in [0.2, 0.25) is 5.91 Å². The van der Waals surface area contributed by atoms with Gasteiger partial charge in [-0.05, 0) is 63.1 Å². The molecule has 2 heterocycles. The average Bonchev–Trinajstić information content (AvgIpc) is 2.96. The number of esters is 1. The van der Waals surface area contributed by atoms with Crippen molar-refractivity contribution in [3.8, 4) is 0 Å². The number of carbonyl (C=O) groups excluding carboxylic acids is 3. The van der Waals surface area contributed by atoms with Crippen LogP contribution in [0.15, 0.2) is 49.1 Å². The second kappa shape index (κ2) is 14.9. The zero-order chi connectivity index (χ0) is 30.1. The number of hydrogen-bond acceptors (Lipinski definition) is 7. The molecule has 1 aliphatic rings. The molecule has 1 aliphatic heterocycles. The lowest BCUT2D eigenvalue weighted by molar-refractivity contribution is -0.157. The third-order valence-electron chi connectivity index (χ3n) is 7.28. The monoisotopic (exact) mass is 563 g/mol. The average molecular weight is 564 g/mol. The SMILES string of the molecule is C=Cc1ccc2ccc(C(C)OC(=O)C3CCCN(C(=O)C(C)NC(=O)C(NCC(C)C=CC)C(C)C)N3)nc2c1. The van der Waals surface area contributed by atoms with Crippen molar-refractivity contribution < 1.29 is 19.1 Å². The Morgan fingerprint density at radius 3 is 2.59 bits per heavy atom. The van der Waals surface area contributed by atoms with Gasteiger partial charge in [-0.2, -0.15) is 0 Å². The van der Waals surface area contributed by atoms with Crippen molar-refractivity contribution in [2.24, 2.45) is 11.8 Å². The molecule has 1 aromatic heterocycles. The summed E-state index contributed by atoms with van der Waals surface area (Å²) in [5.74, 6) is -0.647. The van der Waals surface area contributed by atoms with Gasteiger partial charge in [0, 0.05) is 18.5 Å². The Morgan fingerprint density at radius 1 is 1.17 bits per heavy atom. The molecule has 0 saturated carbocycles. The fourth-order valence-corrected chi connectivity index (χ4v) is 4.87. The molecular weight excluding hydrogens is 518 g/mol. The van der Waals surface area contributed by atoms with Crippen molar-refractivity contribution in [2.45, 2.75) is 78.6 Å². The van der Waals surface area contributed by atoms with Gasteiger partial charge < -0.3 is 15.4 Å². The van der Waals surface area contributed by atoms with Gasteiger partial charge in [0.25, 0.3) is 5.91 Å². The second-order valence-electron chi connectivity index (χ2n) is 11.1. The van der Waals surface area contributed by atoms with Crippen LogP contribution < -0.4 is 16.1 Å². The van der Waals surface area contributed by atoms with E-state index in [2.05, 4.69) is 40.6 Å². The van der Waals surface area contributed by atoms with Gasteiger partial charge in [-0.3, -0.25) is 19.4 Å². The van der Waals surface area contributed by atoms with Gasteiger partial charge in [0.05, 0.1) is 17.3 Å². The highest BCUT2D eigenvalue weighted by atomic mass is 16.5. The molecule has 0 radical (unpaired) electrons. The van der Waals surface area contributed by atoms with E-state index in [1.54, 1.807) is 19.9 Å². The number of benzene rings is 1. The van der Waals surface area contributed by atoms with Gasteiger partial charge in [-0.25, -0.2) is 10.4 Å². The molecule has 3 rings (SSSR count). The summed E-state index contributed by atoms with van der Waals surface area (Å²) in [5, 5.41) is 8.58. The van der Waals surface area contributed by atoms with Gasteiger partial charge in [-0.15, -0.1) is 0 Å². The quantitative estimate of drug-likeness (QED) is 0.261. The summed E-state index contributed by atoms with van der Waals surface area (Å²) in [4.78, 5) is 44.0. The zero-order valence-corrected chi connectivity index (χ0v) is 25.1. The Morgan fingerprint density at radius 2 is 1.90 bits per heavy atom. The van der Waals surface area contributed by atoms with E-state index in [0.717, 1.165) is 16.5 Å². The largest absolute Gasteiger partial charge is 0.455 e. The van der Waals surface area contributed by atoms with Gasteiger partial charge >= 0.3 is 5.97 Å². The number of fused-ring (bicyclic) bond motifs is 1. The highest BCUT2D eigenvalue weighted by molar-refractivity contribution is 5.90. The van der Waals surface area contributed by atoms with Crippen LogP contribution in [0, 0.1) is 11.8 Å². The molecule has 5 unspecified atom stereocenters. The number of allylic oxidation sites excluding steroid dienone is 1. The smallest absolute Gasteiger partial charge is 0.325 e. The van der Waals surface area contributed by atoms with Gasteiger partial charge in [-0.1, -0.05) is 63.8 Å². The predicted octanol–water partition coefficient (Wildman–Crippen LogP) is 4.31. The van der Waals surface area contributed by atoms with Crippen molar-refractivity contribution in [3.05, 3.63) is 60.3 Å². The number of amides is 2. The highest BCUT2D eigenvalue weighted by Crippen LogP contribution is 2.22. The fourth-order valence-electron chi connectivity index (χ4n) is 4.87. The zero-order valence-electron chi connectivity index (χ0n) is 25.1. The van der Waals surface area contributed by atoms with Gasteiger partial charge in [0.15, 0.2) is 0 Å². The minimum atomic E-state index is -0.762. The number of hydrogen-bond donors (Lipinski definition) is 3. The predicted molar refractivity (Wildman–Crippen MR) is 162 cm³/mol. The summed E-state index contributed by atoms with van der Waals surface area (Å²) in [6.45, 7) is 16.3. The summed E-state index contributed by atoms with van der Waals surface area (Å²) in [7, 11) is 0. The molecular formula is C32H45N5O4. The minimum Gasteiger partial charge on any atom is -0.455 e. The van der Waals surface area contributed by atoms with Crippen LogP contribution in [0.2, 0.25) is 0 Å². The molecule has 1 fully saturated rings. The lowest BCUT2D eigenvalue weighted by Crippen LogP contribution is -2.60. The van der Waals surface area contributed by atoms with E-state index in [1.807, 2.05) is 57.2 Å². The first-order chi connectivity index (χ1) is 19.5. The molecule has 3 N–H and O–H groups in total. The fraction of sp³-hybridized carbons (Fsp3) is 0.500. The van der Waals surface area contributed by atoms with E-state index in [1.165, 1.54) is 5.01 Å². The Hall–Kier alpha value is -3.56. The van der Waals surface area contributed by atoms with Crippen LogP contribution >= 0.6 is 0 Å². The van der Waals surface area contributed by atoms with E-state index in [0.29, 0.717) is 31.6 Å². The van der Waals surface area contributed by atoms with E-state index in [9.17, 15) is 14.4 Å². The molecule has 2 aromatic rings. The number of carbonyl (C=O) groups is 3. The highest BCUT2D eigenvalue weighted by Gasteiger charge is 2.33. The Bertz CT molecular complexity index is 1260. The molecule has 5 atom stereocenters. The molecule has 9 nitrogen and oxygen atoms in total. The van der Waals surface area contributed by atoms with Crippen molar-refractivity contribution in [1.29, 1.82) is 0 Å². The first kappa shape index (κ1) is 32.0. The third-order valence-corrected chi connectivity index (χ3v) is 7.28. The van der Waals surface area contributed by atoms with E-state index in [-0.39, 0.29) is 23.7 Å². The van der Waals surface area contributed by atoms with Crippen molar-refractivity contribution >= 4 is 34.8 Å². The maximum Gasteiger partial charge on any atom is 0.325 e. The van der Waals surface area contributed by atoms with Crippen LogP contribution in [-0.2, 0) is 19.1 Å². The Balaban J connectivity index is 1.57. The van der Waals surface area contributed by atoms with Crippen molar-refractivity contribution in [3.63, 3.8) is 0 Å². The number of hydrazine groups is 1. The number of nitrogens with one attached hydrogen (secondary N) is 3. The maximum atomic E-state index is 13.2. The number of ether oxygens (including phenoxy) is 1. The molecule has 2 amide bonds. The third kappa shape index (κ3) is 8.71. The Labute approximate surface area is 243 Å². The summed E-state index contributed by atoms with van der Waals surface area (Å²) in [6.07, 6.45) is 6.43. The normalized spacial score (nSPS) is 18.6. The molecule has 0 spiro atoms. The first-order valence-electron chi connectivity index (χ1n) is 14.5. The second-order valence-corrected chi connectivity index (χ2v) is 11.1. The summed E-state index contributed by atoms with van der Waals surface area (Å²) in [6, 6.07) is 7.83. The summed E-state index contributed by atoms with van der Waals surface area (Å²) >= 11 is 0. The van der Waals surface area contributed by atoms with E-state index < -0.39 is 30.2 Å². The minimum absolute atomic E-state index is 0.0468. The number of nitrogens with zero attached hydrogens (tertiary/aromatic N) is 2. The van der Waals surface area contributed by atoms with Crippen LogP contribution in [0.5, 0.6) is 0 Å². The van der Waals surface area contributed by atoms with Crippen LogP contribution in [0.4, 0.5) is 0 Å². The molecule has 0 bridgehead atoms. The van der Waals surface area contributed by atoms with Crippen LogP contribution in [0.1, 0.15) is 71.7 Å². The Kier molecular flexibility index (Phi) is 11.6. The van der Waals surface area contributed by atoms with Crippen LogP contribution in [0.25, 0.3) is 17.0 Å². The topological polar surface area (TPSA) is 113 Å². The van der Waals surface area contributed by atoms with Gasteiger partial charge in [0.1, 0.15) is 18.2 Å². The lowest BCUT2D eigenvalue weighted by atomic mass is 10.0. The van der Waals surface area contributed by atoms with Crippen LogP contribution in [0.3, 0.4) is 0 Å². The van der Waals surface area contributed by atoms with Crippen LogP contribution in [-0.4, -0.2) is 59.0 Å². The molecule has 0 aliphatic carbocycles. The molecule has 9 heteroatoms. The molecule has 1 saturated heterocycles. The number of rotatable bonds is 12. The maximum absolute atomic E-state index is 13.2. The van der Waals surface area contributed by atoms with E-state index in [4.69, 9.17) is 4.74 Å². The molecule has 1 aromatic carbocycles. The summed E-state index contributed by atoms with van der Waals surface area (Å²) in [5.41, 5.74) is 5.42. The molecule has 41 heavy (non-hydrogen) atoms. The van der Waals surface area contributed by atoms with Crippen molar-refractivity contribution in [1.82, 2.24) is 26.1 Å². The number of pyridine rings is 1. The standard InChI is InChI=1S/C32H45N5O4/c1-8-11-21(5)19-33-29(20(3)4)30(38)34-22(6)31(39)37-17-10-12-27(36-37)32(40)41-23(7)26-16-15-25-14-13-24(9-2)18-28(25)35-26/h8-9,11,13-16,18,20-23,27,29,33,36H,2,10,12,17,19H2,1,3-7H3,(H,34,38). The number of aromatic nitrogens is 1. The molecule has 222 valence electrons. The first-order valence-corrected chi connectivity index (χ1v) is 14.5. The lowest BCUT2D eigenvalue weighted by Gasteiger charge is -2.35.